The maximum absolute atomic E-state index is 13.2. The second kappa shape index (κ2) is 8.45. The van der Waals surface area contributed by atoms with Gasteiger partial charge in [0.2, 0.25) is 5.91 Å². The van der Waals surface area contributed by atoms with E-state index in [9.17, 15) is 9.18 Å². The number of amides is 1. The summed E-state index contributed by atoms with van der Waals surface area (Å²) in [5.41, 5.74) is 1.89. The van der Waals surface area contributed by atoms with E-state index in [1.54, 1.807) is 25.1 Å². The van der Waals surface area contributed by atoms with Crippen LogP contribution < -0.4 is 4.74 Å². The zero-order valence-corrected chi connectivity index (χ0v) is 14.3. The molecule has 0 fully saturated rings. The third-order valence-corrected chi connectivity index (χ3v) is 3.75. The van der Waals surface area contributed by atoms with Crippen LogP contribution in [0.1, 0.15) is 11.1 Å². The summed E-state index contributed by atoms with van der Waals surface area (Å²) in [6.07, 6.45) is 0. The lowest BCUT2D eigenvalue weighted by Crippen LogP contribution is -2.36. The van der Waals surface area contributed by atoms with Crippen LogP contribution in [0.3, 0.4) is 0 Å². The number of hydrogen-bond acceptors (Lipinski definition) is 3. The molecule has 0 unspecified atom stereocenters. The van der Waals surface area contributed by atoms with Crippen molar-refractivity contribution in [3.05, 3.63) is 65.5 Å². The Bertz CT molecular complexity index is 673. The molecule has 0 bridgehead atoms. The molecule has 0 atom stereocenters. The number of methoxy groups -OCH3 is 1. The Labute approximate surface area is 142 Å². The molecule has 2 aromatic rings. The number of benzene rings is 2. The van der Waals surface area contributed by atoms with Crippen LogP contribution in [0.15, 0.2) is 48.5 Å². The van der Waals surface area contributed by atoms with Gasteiger partial charge in [-0.3, -0.25) is 9.69 Å². The summed E-state index contributed by atoms with van der Waals surface area (Å²) in [5.74, 6) is 0.552. The second-order valence-electron chi connectivity index (χ2n) is 5.90. The van der Waals surface area contributed by atoms with Crippen LogP contribution in [-0.2, 0) is 17.9 Å². The van der Waals surface area contributed by atoms with Crippen molar-refractivity contribution in [3.8, 4) is 5.75 Å². The Kier molecular flexibility index (Phi) is 6.32. The summed E-state index contributed by atoms with van der Waals surface area (Å²) in [7, 11) is 5.26. The minimum Gasteiger partial charge on any atom is -0.497 e. The lowest BCUT2D eigenvalue weighted by molar-refractivity contribution is -0.131. The molecular weight excluding hydrogens is 307 g/mol. The van der Waals surface area contributed by atoms with E-state index in [0.29, 0.717) is 13.1 Å². The van der Waals surface area contributed by atoms with E-state index in [1.165, 1.54) is 12.1 Å². The van der Waals surface area contributed by atoms with Crippen LogP contribution in [0.25, 0.3) is 0 Å². The quantitative estimate of drug-likeness (QED) is 0.782. The lowest BCUT2D eigenvalue weighted by Gasteiger charge is -2.22. The van der Waals surface area contributed by atoms with Gasteiger partial charge < -0.3 is 9.64 Å². The van der Waals surface area contributed by atoms with Crippen LogP contribution >= 0.6 is 0 Å². The van der Waals surface area contributed by atoms with Gasteiger partial charge in [0.1, 0.15) is 11.6 Å². The average Bonchev–Trinajstić information content (AvgIpc) is 2.55. The summed E-state index contributed by atoms with van der Waals surface area (Å²) in [4.78, 5) is 15.9. The van der Waals surface area contributed by atoms with Crippen molar-refractivity contribution in [2.24, 2.45) is 0 Å². The molecule has 5 heteroatoms. The molecule has 1 amide bonds. The molecule has 0 heterocycles. The van der Waals surface area contributed by atoms with Crippen LogP contribution in [0, 0.1) is 5.82 Å². The van der Waals surface area contributed by atoms with Crippen molar-refractivity contribution in [2.75, 3.05) is 27.7 Å². The fourth-order valence-corrected chi connectivity index (χ4v) is 2.45. The Morgan fingerprint density at radius 2 is 1.75 bits per heavy atom. The van der Waals surface area contributed by atoms with E-state index in [2.05, 4.69) is 0 Å². The van der Waals surface area contributed by atoms with E-state index < -0.39 is 0 Å². The minimum absolute atomic E-state index is 0.0183. The fraction of sp³-hybridized carbons (Fsp3) is 0.316. The molecule has 0 aliphatic rings. The number of ether oxygens (including phenoxy) is 1. The van der Waals surface area contributed by atoms with E-state index in [-0.39, 0.29) is 18.3 Å². The Hall–Kier alpha value is -2.40. The Morgan fingerprint density at radius 1 is 1.04 bits per heavy atom. The topological polar surface area (TPSA) is 32.8 Å². The maximum Gasteiger partial charge on any atom is 0.236 e. The lowest BCUT2D eigenvalue weighted by atomic mass is 10.2. The summed E-state index contributed by atoms with van der Waals surface area (Å²) in [6, 6.07) is 14.1. The van der Waals surface area contributed by atoms with Crippen molar-refractivity contribution in [1.82, 2.24) is 9.80 Å². The minimum atomic E-state index is -0.260. The van der Waals surface area contributed by atoms with Crippen molar-refractivity contribution in [2.45, 2.75) is 13.1 Å². The molecule has 0 N–H and O–H groups in total. The summed E-state index contributed by atoms with van der Waals surface area (Å²) >= 11 is 0. The molecule has 4 nitrogen and oxygen atoms in total. The number of rotatable bonds is 7. The molecular formula is C19H23FN2O2. The number of carbonyl (C=O) groups is 1. The van der Waals surface area contributed by atoms with Crippen LogP contribution in [0.5, 0.6) is 5.75 Å². The van der Waals surface area contributed by atoms with E-state index in [4.69, 9.17) is 4.74 Å². The third-order valence-electron chi connectivity index (χ3n) is 3.75. The van der Waals surface area contributed by atoms with Gasteiger partial charge in [-0.1, -0.05) is 24.3 Å². The van der Waals surface area contributed by atoms with Crippen LogP contribution in [-0.4, -0.2) is 43.5 Å². The predicted octanol–water partition coefficient (Wildman–Crippen LogP) is 2.92. The molecule has 0 radical (unpaired) electrons. The maximum atomic E-state index is 13.2. The van der Waals surface area contributed by atoms with Crippen molar-refractivity contribution >= 4 is 5.91 Å². The number of nitrogens with zero attached hydrogens (tertiary/aromatic N) is 2. The molecule has 24 heavy (non-hydrogen) atoms. The molecule has 2 aromatic carbocycles. The first-order valence-corrected chi connectivity index (χ1v) is 7.78. The average molecular weight is 330 g/mol. The highest BCUT2D eigenvalue weighted by molar-refractivity contribution is 5.77. The van der Waals surface area contributed by atoms with Crippen molar-refractivity contribution in [1.29, 1.82) is 0 Å². The number of hydrogen-bond donors (Lipinski definition) is 0. The molecule has 0 aromatic heterocycles. The number of likely N-dealkylation sites (N-methyl/N-ethyl adjacent to an activating group) is 2. The summed E-state index contributed by atoms with van der Waals surface area (Å²) in [6.45, 7) is 1.35. The molecule has 0 saturated heterocycles. The molecule has 0 aliphatic carbocycles. The van der Waals surface area contributed by atoms with Crippen LogP contribution in [0.4, 0.5) is 4.39 Å². The van der Waals surface area contributed by atoms with E-state index in [1.807, 2.05) is 42.3 Å². The molecule has 2 rings (SSSR count). The second-order valence-corrected chi connectivity index (χ2v) is 5.90. The van der Waals surface area contributed by atoms with E-state index in [0.717, 1.165) is 16.9 Å². The zero-order chi connectivity index (χ0) is 17.5. The first kappa shape index (κ1) is 17.9. The smallest absolute Gasteiger partial charge is 0.236 e. The van der Waals surface area contributed by atoms with Gasteiger partial charge in [0.25, 0.3) is 0 Å². The summed E-state index contributed by atoms with van der Waals surface area (Å²) in [5, 5.41) is 0. The van der Waals surface area contributed by atoms with E-state index >= 15 is 0 Å². The van der Waals surface area contributed by atoms with Crippen molar-refractivity contribution < 1.29 is 13.9 Å². The zero-order valence-electron chi connectivity index (χ0n) is 14.3. The van der Waals surface area contributed by atoms with Gasteiger partial charge in [-0.15, -0.1) is 0 Å². The van der Waals surface area contributed by atoms with Gasteiger partial charge in [0.15, 0.2) is 0 Å². The van der Waals surface area contributed by atoms with Gasteiger partial charge in [-0.2, -0.15) is 0 Å². The molecule has 0 saturated carbocycles. The first-order valence-electron chi connectivity index (χ1n) is 7.78. The normalized spacial score (nSPS) is 10.7. The molecule has 0 aliphatic heterocycles. The predicted molar refractivity (Wildman–Crippen MR) is 92.2 cm³/mol. The number of carbonyl (C=O) groups excluding carboxylic acids is 1. The largest absolute Gasteiger partial charge is 0.497 e. The Morgan fingerprint density at radius 3 is 2.38 bits per heavy atom. The highest BCUT2D eigenvalue weighted by atomic mass is 19.1. The van der Waals surface area contributed by atoms with Crippen molar-refractivity contribution in [3.63, 3.8) is 0 Å². The highest BCUT2D eigenvalue weighted by Crippen LogP contribution is 2.13. The van der Waals surface area contributed by atoms with Gasteiger partial charge in [-0.25, -0.2) is 4.39 Å². The van der Waals surface area contributed by atoms with Gasteiger partial charge in [-0.05, 0) is 42.4 Å². The molecule has 0 spiro atoms. The highest BCUT2D eigenvalue weighted by Gasteiger charge is 2.12. The fourth-order valence-electron chi connectivity index (χ4n) is 2.45. The van der Waals surface area contributed by atoms with Crippen LogP contribution in [0.2, 0.25) is 0 Å². The van der Waals surface area contributed by atoms with Gasteiger partial charge >= 0.3 is 0 Å². The third kappa shape index (κ3) is 5.35. The SMILES string of the molecule is COc1ccc(CN(C)C(=O)CN(C)Cc2cccc(F)c2)cc1. The van der Waals surface area contributed by atoms with Gasteiger partial charge in [0.05, 0.1) is 13.7 Å². The first-order chi connectivity index (χ1) is 11.5. The Balaban J connectivity index is 1.85. The van der Waals surface area contributed by atoms with Gasteiger partial charge in [0, 0.05) is 20.1 Å². The summed E-state index contributed by atoms with van der Waals surface area (Å²) < 4.78 is 18.3. The number of halogens is 1. The molecule has 128 valence electrons. The monoisotopic (exact) mass is 330 g/mol. The standard InChI is InChI=1S/C19H23FN2O2/c1-21(12-16-5-4-6-17(20)11-16)14-19(23)22(2)13-15-7-9-18(24-3)10-8-15/h4-11H,12-14H2,1-3H3.